The van der Waals surface area contributed by atoms with Crippen LogP contribution < -0.4 is 10.6 Å². The highest BCUT2D eigenvalue weighted by molar-refractivity contribution is 5.80. The third-order valence-corrected chi connectivity index (χ3v) is 4.16. The molecule has 134 valence electrons. The number of nitrogens with one attached hydrogen (secondary N) is 2. The van der Waals surface area contributed by atoms with Gasteiger partial charge in [-0.2, -0.15) is 0 Å². The summed E-state index contributed by atoms with van der Waals surface area (Å²) in [5, 5.41) is 6.10. The SMILES string of the molecule is CCNC(=NCCCCOCC)N1CCC(CC(=O)NC)CC1. The summed E-state index contributed by atoms with van der Waals surface area (Å²) in [7, 11) is 1.71. The molecule has 0 unspecified atom stereocenters. The zero-order chi connectivity index (χ0) is 16.9. The van der Waals surface area contributed by atoms with Crippen LogP contribution in [0, 0.1) is 5.92 Å². The number of ether oxygens (including phenoxy) is 1. The molecule has 1 amide bonds. The van der Waals surface area contributed by atoms with Crippen LogP contribution in [0.1, 0.15) is 46.0 Å². The quantitative estimate of drug-likeness (QED) is 0.384. The van der Waals surface area contributed by atoms with E-state index in [1.165, 1.54) is 0 Å². The van der Waals surface area contributed by atoms with Crippen molar-refractivity contribution >= 4 is 11.9 Å². The number of hydrogen-bond acceptors (Lipinski definition) is 3. The molecule has 1 aliphatic heterocycles. The van der Waals surface area contributed by atoms with Crippen LogP contribution in [0.5, 0.6) is 0 Å². The Bertz CT molecular complexity index is 353. The van der Waals surface area contributed by atoms with Crippen LogP contribution >= 0.6 is 0 Å². The maximum atomic E-state index is 11.5. The molecule has 1 aliphatic rings. The van der Waals surface area contributed by atoms with Crippen LogP contribution in [0.4, 0.5) is 0 Å². The van der Waals surface area contributed by atoms with Gasteiger partial charge in [0.05, 0.1) is 0 Å². The Morgan fingerprint density at radius 3 is 2.61 bits per heavy atom. The summed E-state index contributed by atoms with van der Waals surface area (Å²) >= 11 is 0. The Labute approximate surface area is 141 Å². The molecular weight excluding hydrogens is 292 g/mol. The van der Waals surface area contributed by atoms with E-state index in [4.69, 9.17) is 9.73 Å². The molecule has 1 rings (SSSR count). The van der Waals surface area contributed by atoms with E-state index in [1.807, 2.05) is 6.92 Å². The number of hydrogen-bond donors (Lipinski definition) is 2. The average molecular weight is 326 g/mol. The van der Waals surface area contributed by atoms with E-state index in [-0.39, 0.29) is 5.91 Å². The average Bonchev–Trinajstić information content (AvgIpc) is 2.57. The number of piperidine rings is 1. The molecule has 0 spiro atoms. The number of carbonyl (C=O) groups is 1. The first kappa shape index (κ1) is 19.7. The zero-order valence-electron chi connectivity index (χ0n) is 15.1. The second-order valence-corrected chi connectivity index (χ2v) is 5.95. The summed E-state index contributed by atoms with van der Waals surface area (Å²) in [6, 6.07) is 0. The second kappa shape index (κ2) is 12.2. The predicted octanol–water partition coefficient (Wildman–Crippen LogP) is 1.62. The molecule has 0 aromatic heterocycles. The highest BCUT2D eigenvalue weighted by Crippen LogP contribution is 2.20. The Balaban J connectivity index is 2.35. The molecule has 1 heterocycles. The molecule has 0 aromatic carbocycles. The number of rotatable bonds is 9. The first-order valence-corrected chi connectivity index (χ1v) is 9.02. The highest BCUT2D eigenvalue weighted by atomic mass is 16.5. The lowest BCUT2D eigenvalue weighted by molar-refractivity contribution is -0.121. The molecule has 0 radical (unpaired) electrons. The van der Waals surface area contributed by atoms with Gasteiger partial charge in [0.25, 0.3) is 0 Å². The van der Waals surface area contributed by atoms with Crippen molar-refractivity contribution in [1.82, 2.24) is 15.5 Å². The Morgan fingerprint density at radius 1 is 1.26 bits per heavy atom. The molecule has 0 bridgehead atoms. The van der Waals surface area contributed by atoms with E-state index in [9.17, 15) is 4.79 Å². The van der Waals surface area contributed by atoms with Crippen molar-refractivity contribution in [2.75, 3.05) is 46.4 Å². The van der Waals surface area contributed by atoms with Crippen LogP contribution in [0.2, 0.25) is 0 Å². The predicted molar refractivity (Wildman–Crippen MR) is 94.7 cm³/mol. The van der Waals surface area contributed by atoms with Crippen molar-refractivity contribution in [2.45, 2.75) is 46.0 Å². The first-order valence-electron chi connectivity index (χ1n) is 9.02. The molecule has 0 aliphatic carbocycles. The molecule has 1 saturated heterocycles. The van der Waals surface area contributed by atoms with Crippen LogP contribution in [0.3, 0.4) is 0 Å². The van der Waals surface area contributed by atoms with Crippen molar-refractivity contribution in [3.05, 3.63) is 0 Å². The summed E-state index contributed by atoms with van der Waals surface area (Å²) < 4.78 is 5.35. The normalized spacial score (nSPS) is 16.5. The van der Waals surface area contributed by atoms with E-state index in [2.05, 4.69) is 22.5 Å². The van der Waals surface area contributed by atoms with Crippen molar-refractivity contribution in [1.29, 1.82) is 0 Å². The number of nitrogens with zero attached hydrogens (tertiary/aromatic N) is 2. The van der Waals surface area contributed by atoms with Gasteiger partial charge < -0.3 is 20.3 Å². The number of aliphatic imine (C=N–C) groups is 1. The van der Waals surface area contributed by atoms with Crippen LogP contribution in [0.15, 0.2) is 4.99 Å². The third-order valence-electron chi connectivity index (χ3n) is 4.16. The largest absolute Gasteiger partial charge is 0.382 e. The molecule has 2 N–H and O–H groups in total. The Kier molecular flexibility index (Phi) is 10.4. The van der Waals surface area contributed by atoms with Gasteiger partial charge >= 0.3 is 0 Å². The molecule has 6 heteroatoms. The van der Waals surface area contributed by atoms with Gasteiger partial charge in [0.2, 0.25) is 5.91 Å². The van der Waals surface area contributed by atoms with Gasteiger partial charge in [-0.3, -0.25) is 9.79 Å². The van der Waals surface area contributed by atoms with Gasteiger partial charge in [-0.05, 0) is 45.4 Å². The summed E-state index contributed by atoms with van der Waals surface area (Å²) in [6.07, 6.45) is 4.88. The number of carbonyl (C=O) groups excluding carboxylic acids is 1. The van der Waals surface area contributed by atoms with E-state index < -0.39 is 0 Å². The summed E-state index contributed by atoms with van der Waals surface area (Å²) in [5.74, 6) is 1.67. The fourth-order valence-corrected chi connectivity index (χ4v) is 2.78. The number of amides is 1. The van der Waals surface area contributed by atoms with Crippen molar-refractivity contribution in [2.24, 2.45) is 10.9 Å². The second-order valence-electron chi connectivity index (χ2n) is 5.95. The number of guanidine groups is 1. The maximum absolute atomic E-state index is 11.5. The standard InChI is InChI=1S/C17H34N4O2/c1-4-19-17(20-10-6-7-13-23-5-2)21-11-8-15(9-12-21)14-16(22)18-3/h15H,4-14H2,1-3H3,(H,18,22)(H,19,20). The van der Waals surface area contributed by atoms with E-state index in [0.717, 1.165) is 71.0 Å². The van der Waals surface area contributed by atoms with Gasteiger partial charge in [-0.25, -0.2) is 0 Å². The molecule has 23 heavy (non-hydrogen) atoms. The summed E-state index contributed by atoms with van der Waals surface area (Å²) in [5.41, 5.74) is 0. The fourth-order valence-electron chi connectivity index (χ4n) is 2.78. The summed E-state index contributed by atoms with van der Waals surface area (Å²) in [4.78, 5) is 18.5. The van der Waals surface area contributed by atoms with Crippen molar-refractivity contribution in [3.63, 3.8) is 0 Å². The van der Waals surface area contributed by atoms with Gasteiger partial charge in [0, 0.05) is 52.9 Å². The van der Waals surface area contributed by atoms with Crippen LogP contribution in [-0.2, 0) is 9.53 Å². The highest BCUT2D eigenvalue weighted by Gasteiger charge is 2.22. The van der Waals surface area contributed by atoms with Crippen LogP contribution in [-0.4, -0.2) is 63.2 Å². The van der Waals surface area contributed by atoms with Crippen molar-refractivity contribution < 1.29 is 9.53 Å². The first-order chi connectivity index (χ1) is 11.2. The Hall–Kier alpha value is -1.30. The molecule has 0 aromatic rings. The molecule has 6 nitrogen and oxygen atoms in total. The van der Waals surface area contributed by atoms with Gasteiger partial charge in [0.15, 0.2) is 5.96 Å². The van der Waals surface area contributed by atoms with Gasteiger partial charge in [-0.1, -0.05) is 0 Å². The van der Waals surface area contributed by atoms with Crippen molar-refractivity contribution in [3.8, 4) is 0 Å². The molecule has 0 saturated carbocycles. The number of unbranched alkanes of at least 4 members (excludes halogenated alkanes) is 1. The topological polar surface area (TPSA) is 66.0 Å². The minimum Gasteiger partial charge on any atom is -0.382 e. The smallest absolute Gasteiger partial charge is 0.220 e. The third kappa shape index (κ3) is 8.21. The lowest BCUT2D eigenvalue weighted by atomic mass is 9.93. The van der Waals surface area contributed by atoms with E-state index in [1.54, 1.807) is 7.05 Å². The number of likely N-dealkylation sites (tertiary alicyclic amines) is 1. The van der Waals surface area contributed by atoms with Gasteiger partial charge in [-0.15, -0.1) is 0 Å². The summed E-state index contributed by atoms with van der Waals surface area (Å²) in [6.45, 7) is 9.42. The minimum atomic E-state index is 0.151. The molecule has 0 atom stereocenters. The lowest BCUT2D eigenvalue weighted by Crippen LogP contribution is -2.46. The lowest BCUT2D eigenvalue weighted by Gasteiger charge is -2.34. The monoisotopic (exact) mass is 326 g/mol. The van der Waals surface area contributed by atoms with E-state index >= 15 is 0 Å². The fraction of sp³-hybridized carbons (Fsp3) is 0.882. The Morgan fingerprint density at radius 2 is 2.00 bits per heavy atom. The van der Waals surface area contributed by atoms with Gasteiger partial charge in [0.1, 0.15) is 0 Å². The van der Waals surface area contributed by atoms with Crippen LogP contribution in [0.25, 0.3) is 0 Å². The maximum Gasteiger partial charge on any atom is 0.220 e. The minimum absolute atomic E-state index is 0.151. The molecule has 1 fully saturated rings. The molecular formula is C17H34N4O2. The zero-order valence-corrected chi connectivity index (χ0v) is 15.1. The van der Waals surface area contributed by atoms with E-state index in [0.29, 0.717) is 12.3 Å².